The van der Waals surface area contributed by atoms with Gasteiger partial charge in [-0.05, 0) is 49.8 Å². The van der Waals surface area contributed by atoms with Gasteiger partial charge in [0.25, 0.3) is 0 Å². The Morgan fingerprint density at radius 2 is 1.41 bits per heavy atom. The van der Waals surface area contributed by atoms with E-state index in [1.165, 1.54) is 74.5 Å². The summed E-state index contributed by atoms with van der Waals surface area (Å²) in [5.41, 5.74) is 1.42. The number of aryl methyl sites for hydroxylation is 1. The van der Waals surface area contributed by atoms with Gasteiger partial charge in [0, 0.05) is 0 Å². The van der Waals surface area contributed by atoms with Crippen LogP contribution in [0.25, 0.3) is 0 Å². The monoisotopic (exact) mass is 306 g/mol. The Bertz CT molecular complexity index is 383. The van der Waals surface area contributed by atoms with Crippen molar-refractivity contribution >= 4 is 0 Å². The zero-order chi connectivity index (χ0) is 16.3. The van der Waals surface area contributed by atoms with Crippen LogP contribution in [0.5, 0.6) is 5.75 Å². The summed E-state index contributed by atoms with van der Waals surface area (Å²) in [6.07, 6.45) is 10.7. The molecule has 0 aliphatic heterocycles. The number of unbranched alkanes of at least 4 members (excludes halogenated alkanes) is 5. The van der Waals surface area contributed by atoms with Gasteiger partial charge in [-0.2, -0.15) is 0 Å². The van der Waals surface area contributed by atoms with Crippen LogP contribution < -0.4 is 4.74 Å². The summed E-state index contributed by atoms with van der Waals surface area (Å²) in [6.45, 7) is 4.90. The van der Waals surface area contributed by atoms with Crippen LogP contribution in [0, 0.1) is 0 Å². The first-order valence-corrected chi connectivity index (χ1v) is 9.02. The van der Waals surface area contributed by atoms with E-state index in [0.29, 0.717) is 0 Å². The molecule has 1 aromatic carbocycles. The van der Waals surface area contributed by atoms with Crippen molar-refractivity contribution < 1.29 is 9.22 Å². The summed E-state index contributed by atoms with van der Waals surface area (Å²) in [7, 11) is 6.48. The van der Waals surface area contributed by atoms with Crippen molar-refractivity contribution in [1.82, 2.24) is 0 Å². The molecular formula is C20H36NO+. The molecule has 22 heavy (non-hydrogen) atoms. The Balaban J connectivity index is 2.13. The van der Waals surface area contributed by atoms with Crippen LogP contribution in [-0.4, -0.2) is 38.8 Å². The maximum atomic E-state index is 5.20. The zero-order valence-corrected chi connectivity index (χ0v) is 15.2. The maximum absolute atomic E-state index is 5.20. The highest BCUT2D eigenvalue weighted by Gasteiger charge is 2.13. The highest BCUT2D eigenvalue weighted by molar-refractivity contribution is 5.27. The van der Waals surface area contributed by atoms with Gasteiger partial charge in [-0.25, -0.2) is 0 Å². The van der Waals surface area contributed by atoms with Gasteiger partial charge in [0.05, 0.1) is 34.3 Å². The molecule has 0 saturated carbocycles. The van der Waals surface area contributed by atoms with Gasteiger partial charge in [0.1, 0.15) is 5.75 Å². The molecule has 0 heterocycles. The second-order valence-corrected chi connectivity index (χ2v) is 7.10. The zero-order valence-electron chi connectivity index (χ0n) is 15.2. The number of quaternary nitrogens is 1. The van der Waals surface area contributed by atoms with E-state index in [1.807, 2.05) is 0 Å². The van der Waals surface area contributed by atoms with E-state index in [4.69, 9.17) is 4.74 Å². The first kappa shape index (κ1) is 19.0. The molecule has 0 N–H and O–H groups in total. The summed E-state index contributed by atoms with van der Waals surface area (Å²) in [4.78, 5) is 0. The summed E-state index contributed by atoms with van der Waals surface area (Å²) < 4.78 is 6.37. The minimum Gasteiger partial charge on any atom is -0.497 e. The average Bonchev–Trinajstić information content (AvgIpc) is 2.52. The predicted octanol–water partition coefficient (Wildman–Crippen LogP) is 5.06. The van der Waals surface area contributed by atoms with E-state index in [0.717, 1.165) is 5.75 Å². The molecule has 1 rings (SSSR count). The third-order valence-electron chi connectivity index (χ3n) is 4.50. The van der Waals surface area contributed by atoms with Crippen molar-refractivity contribution in [2.45, 2.75) is 58.3 Å². The van der Waals surface area contributed by atoms with Gasteiger partial charge in [-0.3, -0.25) is 0 Å². The van der Waals surface area contributed by atoms with Crippen LogP contribution in [0.2, 0.25) is 0 Å². The van der Waals surface area contributed by atoms with Crippen LogP contribution in [0.3, 0.4) is 0 Å². The normalized spacial score (nSPS) is 11.6. The fourth-order valence-corrected chi connectivity index (χ4v) is 2.92. The minimum absolute atomic E-state index is 0.949. The Morgan fingerprint density at radius 3 is 2.00 bits per heavy atom. The minimum atomic E-state index is 0.949. The van der Waals surface area contributed by atoms with Gasteiger partial charge < -0.3 is 9.22 Å². The van der Waals surface area contributed by atoms with Crippen LogP contribution in [0.4, 0.5) is 0 Å². The number of hydrogen-bond donors (Lipinski definition) is 0. The molecule has 0 radical (unpaired) electrons. The lowest BCUT2D eigenvalue weighted by molar-refractivity contribution is -0.890. The number of benzene rings is 1. The quantitative estimate of drug-likeness (QED) is 0.387. The standard InChI is InChI=1S/C20H36NO/c1-5-6-7-8-10-17-21(2,3)18-11-9-12-19-13-15-20(22-4)16-14-19/h13-16H,5-12,17-18H2,1-4H3/q+1. The van der Waals surface area contributed by atoms with Gasteiger partial charge in [-0.15, -0.1) is 0 Å². The molecule has 126 valence electrons. The molecule has 0 bridgehead atoms. The molecule has 0 aliphatic rings. The smallest absolute Gasteiger partial charge is 0.118 e. The third-order valence-corrected chi connectivity index (χ3v) is 4.50. The maximum Gasteiger partial charge on any atom is 0.118 e. The van der Waals surface area contributed by atoms with E-state index >= 15 is 0 Å². The van der Waals surface area contributed by atoms with Gasteiger partial charge in [-0.1, -0.05) is 38.3 Å². The Hall–Kier alpha value is -1.02. The molecule has 2 heteroatoms. The van der Waals surface area contributed by atoms with E-state index in [9.17, 15) is 0 Å². The SMILES string of the molecule is CCCCCCC[N+](C)(C)CCCCc1ccc(OC)cc1. The van der Waals surface area contributed by atoms with Crippen molar-refractivity contribution in [3.63, 3.8) is 0 Å². The number of rotatable bonds is 12. The fraction of sp³-hybridized carbons (Fsp3) is 0.700. The molecule has 0 unspecified atom stereocenters. The second kappa shape index (κ2) is 10.7. The van der Waals surface area contributed by atoms with E-state index in [2.05, 4.69) is 45.3 Å². The first-order chi connectivity index (χ1) is 10.6. The Labute approximate surface area is 138 Å². The average molecular weight is 307 g/mol. The predicted molar refractivity (Wildman–Crippen MR) is 96.5 cm³/mol. The van der Waals surface area contributed by atoms with Crippen LogP contribution in [0.15, 0.2) is 24.3 Å². The van der Waals surface area contributed by atoms with E-state index < -0.39 is 0 Å². The molecular weight excluding hydrogens is 270 g/mol. The molecule has 1 aromatic rings. The largest absolute Gasteiger partial charge is 0.497 e. The fourth-order valence-electron chi connectivity index (χ4n) is 2.92. The summed E-state index contributed by atoms with van der Waals surface area (Å²) in [5, 5.41) is 0. The van der Waals surface area contributed by atoms with Gasteiger partial charge in [0.2, 0.25) is 0 Å². The van der Waals surface area contributed by atoms with Crippen molar-refractivity contribution in [2.24, 2.45) is 0 Å². The molecule has 0 atom stereocenters. The third kappa shape index (κ3) is 8.43. The topological polar surface area (TPSA) is 9.23 Å². The van der Waals surface area contributed by atoms with Crippen LogP contribution in [-0.2, 0) is 6.42 Å². The number of methoxy groups -OCH3 is 1. The van der Waals surface area contributed by atoms with Gasteiger partial charge >= 0.3 is 0 Å². The summed E-state index contributed by atoms with van der Waals surface area (Å²) >= 11 is 0. The Kier molecular flexibility index (Phi) is 9.22. The molecule has 0 spiro atoms. The van der Waals surface area contributed by atoms with E-state index in [-0.39, 0.29) is 0 Å². The summed E-state index contributed by atoms with van der Waals surface area (Å²) in [5.74, 6) is 0.949. The lowest BCUT2D eigenvalue weighted by Crippen LogP contribution is -2.41. The molecule has 0 saturated heterocycles. The summed E-state index contributed by atoms with van der Waals surface area (Å²) in [6, 6.07) is 8.50. The molecule has 0 fully saturated rings. The second-order valence-electron chi connectivity index (χ2n) is 7.10. The van der Waals surface area contributed by atoms with Crippen molar-refractivity contribution in [2.75, 3.05) is 34.3 Å². The highest BCUT2D eigenvalue weighted by Crippen LogP contribution is 2.14. The number of hydrogen-bond acceptors (Lipinski definition) is 1. The van der Waals surface area contributed by atoms with Crippen molar-refractivity contribution in [3.8, 4) is 5.75 Å². The van der Waals surface area contributed by atoms with Crippen molar-refractivity contribution in [1.29, 1.82) is 0 Å². The molecule has 0 amide bonds. The lowest BCUT2D eigenvalue weighted by atomic mass is 10.1. The van der Waals surface area contributed by atoms with E-state index in [1.54, 1.807) is 7.11 Å². The molecule has 0 aromatic heterocycles. The molecule has 0 aliphatic carbocycles. The van der Waals surface area contributed by atoms with Gasteiger partial charge in [0.15, 0.2) is 0 Å². The number of nitrogens with zero attached hydrogens (tertiary/aromatic N) is 1. The lowest BCUT2D eigenvalue weighted by Gasteiger charge is -2.30. The Morgan fingerprint density at radius 1 is 0.818 bits per heavy atom. The van der Waals surface area contributed by atoms with Crippen LogP contribution >= 0.6 is 0 Å². The number of ether oxygens (including phenoxy) is 1. The highest BCUT2D eigenvalue weighted by atomic mass is 16.5. The van der Waals surface area contributed by atoms with Crippen LogP contribution in [0.1, 0.15) is 57.4 Å². The first-order valence-electron chi connectivity index (χ1n) is 9.02. The molecule has 2 nitrogen and oxygen atoms in total. The van der Waals surface area contributed by atoms with Crippen molar-refractivity contribution in [3.05, 3.63) is 29.8 Å².